The molecule has 1 unspecified atom stereocenters. The second-order valence-electron chi connectivity index (χ2n) is 8.66. The first-order valence-electron chi connectivity index (χ1n) is 11.0. The topological polar surface area (TPSA) is 275 Å². The molecule has 17 nitrogen and oxygen atoms in total. The van der Waals surface area contributed by atoms with Crippen LogP contribution in [0.4, 0.5) is 0 Å². The Balaban J connectivity index is 1.61. The summed E-state index contributed by atoms with van der Waals surface area (Å²) < 4.78 is 30.9. The van der Waals surface area contributed by atoms with Crippen molar-refractivity contribution >= 4 is 5.97 Å². The van der Waals surface area contributed by atoms with Crippen LogP contribution in [0, 0.1) is 0 Å². The Morgan fingerprint density at radius 3 is 1.64 bits per heavy atom. The minimum atomic E-state index is -1.84. The van der Waals surface area contributed by atoms with E-state index in [0.29, 0.717) is 0 Å². The first-order valence-corrected chi connectivity index (χ1v) is 11.0. The van der Waals surface area contributed by atoms with Crippen LogP contribution in [0.3, 0.4) is 0 Å². The minimum absolute atomic E-state index is 0.602. The number of aliphatic hydroxyl groups is 9. The highest BCUT2D eigenvalue weighted by molar-refractivity contribution is 5.73. The number of hydrogen-bond donors (Lipinski definition) is 10. The van der Waals surface area contributed by atoms with Crippen LogP contribution in [0.2, 0.25) is 0 Å². The summed E-state index contributed by atoms with van der Waals surface area (Å²) in [6.07, 6.45) is -25.2. The van der Waals surface area contributed by atoms with Gasteiger partial charge in [-0.1, -0.05) is 0 Å². The van der Waals surface area contributed by atoms with Crippen molar-refractivity contribution in [3.8, 4) is 0 Å². The Labute approximate surface area is 203 Å². The van der Waals surface area contributed by atoms with E-state index in [1.807, 2.05) is 0 Å². The molecule has 210 valence electrons. The highest BCUT2D eigenvalue weighted by Crippen LogP contribution is 2.28. The maximum absolute atomic E-state index is 11.4. The molecule has 15 atom stereocenters. The second-order valence-corrected chi connectivity index (χ2v) is 8.66. The van der Waals surface area contributed by atoms with Gasteiger partial charge in [-0.2, -0.15) is 0 Å². The van der Waals surface area contributed by atoms with Gasteiger partial charge in [0.2, 0.25) is 0 Å². The highest BCUT2D eigenvalue weighted by atomic mass is 16.7. The molecule has 0 spiro atoms. The molecular weight excluding hydrogens is 500 g/mol. The predicted octanol–water partition coefficient (Wildman–Crippen LogP) is -6.83. The van der Waals surface area contributed by atoms with Gasteiger partial charge in [-0.3, -0.25) is 0 Å². The molecule has 10 N–H and O–H groups in total. The van der Waals surface area contributed by atoms with Gasteiger partial charge in [0.25, 0.3) is 0 Å². The monoisotopic (exact) mass is 532 g/mol. The predicted molar refractivity (Wildman–Crippen MR) is 107 cm³/mol. The van der Waals surface area contributed by atoms with Crippen molar-refractivity contribution in [2.24, 2.45) is 0 Å². The van der Waals surface area contributed by atoms with Gasteiger partial charge in [-0.05, 0) is 0 Å². The molecule has 3 heterocycles. The molecule has 3 rings (SSSR count). The summed E-state index contributed by atoms with van der Waals surface area (Å²) in [5.74, 6) is -1.50. The van der Waals surface area contributed by atoms with Gasteiger partial charge in [-0.25, -0.2) is 4.79 Å². The molecule has 17 heteroatoms. The Kier molecular flexibility index (Phi) is 9.94. The number of carboxylic acids is 1. The van der Waals surface area contributed by atoms with Crippen LogP contribution in [0.15, 0.2) is 0 Å². The zero-order valence-electron chi connectivity index (χ0n) is 18.9. The summed E-state index contributed by atoms with van der Waals surface area (Å²) in [5, 5.41) is 99.1. The van der Waals surface area contributed by atoms with E-state index in [1.165, 1.54) is 0 Å². The summed E-state index contributed by atoms with van der Waals surface area (Å²) in [6.45, 7) is -1.25. The van der Waals surface area contributed by atoms with E-state index in [-0.39, 0.29) is 0 Å². The van der Waals surface area contributed by atoms with Crippen LogP contribution in [-0.4, -0.2) is 169 Å². The Hall–Kier alpha value is -1.13. The van der Waals surface area contributed by atoms with Gasteiger partial charge in [0.1, 0.15) is 67.1 Å². The van der Waals surface area contributed by atoms with Crippen LogP contribution in [0.25, 0.3) is 0 Å². The largest absolute Gasteiger partial charge is 0.479 e. The number of aliphatic hydroxyl groups excluding tert-OH is 9. The van der Waals surface area contributed by atoms with E-state index in [2.05, 4.69) is 0 Å². The summed E-state index contributed by atoms with van der Waals surface area (Å²) >= 11 is 0. The quantitative estimate of drug-likeness (QED) is 0.139. The van der Waals surface area contributed by atoms with Crippen molar-refractivity contribution in [3.63, 3.8) is 0 Å². The number of rotatable bonds is 8. The van der Waals surface area contributed by atoms with Gasteiger partial charge in [0.05, 0.1) is 13.2 Å². The van der Waals surface area contributed by atoms with Crippen molar-refractivity contribution in [2.45, 2.75) is 92.1 Å². The minimum Gasteiger partial charge on any atom is -0.479 e. The molecule has 3 fully saturated rings. The van der Waals surface area contributed by atoms with Crippen molar-refractivity contribution in [1.29, 1.82) is 0 Å². The molecule has 0 aromatic heterocycles. The molecule has 3 aliphatic heterocycles. The van der Waals surface area contributed by atoms with E-state index in [4.69, 9.17) is 28.4 Å². The SMILES string of the molecule is CO[C@H]1[C@H](O)[C@@H](O)[C@H](OC[C@H]2O[C@@H](OC[C@H]3OC(O)[C@H](O)[C@@H](O)[C@H]3O)[C@H](O)[C@@H](O)[C@H]2O)O[C@@H]1C(=O)O. The Morgan fingerprint density at radius 1 is 0.639 bits per heavy atom. The van der Waals surface area contributed by atoms with E-state index < -0.39 is 111 Å². The van der Waals surface area contributed by atoms with Crippen molar-refractivity contribution in [2.75, 3.05) is 20.3 Å². The van der Waals surface area contributed by atoms with Gasteiger partial charge in [0, 0.05) is 7.11 Å². The fourth-order valence-electron chi connectivity index (χ4n) is 4.08. The fraction of sp³-hybridized carbons (Fsp3) is 0.947. The van der Waals surface area contributed by atoms with Crippen LogP contribution in [0.5, 0.6) is 0 Å². The lowest BCUT2D eigenvalue weighted by Crippen LogP contribution is -2.63. The van der Waals surface area contributed by atoms with Crippen molar-refractivity contribution in [3.05, 3.63) is 0 Å². The molecule has 0 aromatic carbocycles. The molecule has 0 aliphatic carbocycles. The molecule has 0 aromatic rings. The highest BCUT2D eigenvalue weighted by Gasteiger charge is 2.50. The number of methoxy groups -OCH3 is 1. The average Bonchev–Trinajstić information content (AvgIpc) is 2.84. The van der Waals surface area contributed by atoms with Crippen molar-refractivity contribution < 1.29 is 84.3 Å². The summed E-state index contributed by atoms with van der Waals surface area (Å²) in [4.78, 5) is 11.4. The first-order chi connectivity index (χ1) is 16.9. The third-order valence-corrected chi connectivity index (χ3v) is 6.27. The molecule has 0 bridgehead atoms. The maximum Gasteiger partial charge on any atom is 0.335 e. The Morgan fingerprint density at radius 2 is 1.11 bits per heavy atom. The number of aliphatic carboxylic acids is 1. The smallest absolute Gasteiger partial charge is 0.335 e. The summed E-state index contributed by atoms with van der Waals surface area (Å²) in [6, 6.07) is 0. The van der Waals surface area contributed by atoms with Gasteiger partial charge in [0.15, 0.2) is 25.0 Å². The van der Waals surface area contributed by atoms with Gasteiger partial charge >= 0.3 is 5.97 Å². The van der Waals surface area contributed by atoms with E-state index >= 15 is 0 Å². The average molecular weight is 532 g/mol. The second kappa shape index (κ2) is 12.2. The van der Waals surface area contributed by atoms with E-state index in [0.717, 1.165) is 7.11 Å². The van der Waals surface area contributed by atoms with Gasteiger partial charge < -0.3 is 79.5 Å². The van der Waals surface area contributed by atoms with Crippen LogP contribution < -0.4 is 0 Å². The fourth-order valence-corrected chi connectivity index (χ4v) is 4.08. The van der Waals surface area contributed by atoms with Crippen LogP contribution >= 0.6 is 0 Å². The summed E-state index contributed by atoms with van der Waals surface area (Å²) in [5.41, 5.74) is 0. The number of hydrogen-bond acceptors (Lipinski definition) is 16. The third kappa shape index (κ3) is 5.96. The van der Waals surface area contributed by atoms with Crippen molar-refractivity contribution in [1.82, 2.24) is 0 Å². The molecule has 0 radical (unpaired) electrons. The lowest BCUT2D eigenvalue weighted by Gasteiger charge is -2.43. The molecule has 0 amide bonds. The zero-order valence-corrected chi connectivity index (χ0v) is 18.9. The van der Waals surface area contributed by atoms with E-state index in [1.54, 1.807) is 0 Å². The van der Waals surface area contributed by atoms with Gasteiger partial charge in [-0.15, -0.1) is 0 Å². The molecule has 36 heavy (non-hydrogen) atoms. The number of ether oxygens (including phenoxy) is 6. The first kappa shape index (κ1) is 29.4. The number of carboxylic acid groups (broad SMARTS) is 1. The zero-order chi connectivity index (χ0) is 26.9. The van der Waals surface area contributed by atoms with Crippen LogP contribution in [0.1, 0.15) is 0 Å². The standard InChI is InChI=1S/C19H32O17/c1-31-14-10(24)13(27)19(36-15(14)16(28)29)33-3-5-7(21)9(23)12(26)18(35-5)32-2-4-6(20)8(22)11(25)17(30)34-4/h4-15,17-27,30H,2-3H2,1H3,(H,28,29)/t4-,5-,6+,7+,8+,9+,10-,11-,12-,13-,14+,15+,17?,18-,19-/m1/s1. The molecule has 0 saturated carbocycles. The van der Waals surface area contributed by atoms with Crippen LogP contribution in [-0.2, 0) is 33.2 Å². The van der Waals surface area contributed by atoms with E-state index in [9.17, 15) is 55.9 Å². The number of carbonyl (C=O) groups is 1. The lowest BCUT2D eigenvalue weighted by molar-refractivity contribution is -0.338. The maximum atomic E-state index is 11.4. The third-order valence-electron chi connectivity index (χ3n) is 6.27. The normalized spacial score (nSPS) is 50.1. The molecular formula is C19H32O17. The Bertz CT molecular complexity index is 726. The molecule has 3 saturated heterocycles. The summed E-state index contributed by atoms with van der Waals surface area (Å²) in [7, 11) is 1.11. The molecule has 3 aliphatic rings. The lowest BCUT2D eigenvalue weighted by atomic mass is 9.98.